The molecule has 3 aliphatic rings. The van der Waals surface area contributed by atoms with E-state index in [1.54, 1.807) is 36.4 Å². The van der Waals surface area contributed by atoms with Gasteiger partial charge in [-0.1, -0.05) is 60.7 Å². The Morgan fingerprint density at radius 1 is 0.883 bits per heavy atom. The van der Waals surface area contributed by atoms with Crippen LogP contribution in [0.25, 0.3) is 10.9 Å². The number of rotatable bonds is 18. The molecule has 0 saturated carbocycles. The van der Waals surface area contributed by atoms with Crippen molar-refractivity contribution < 1.29 is 38.8 Å². The van der Waals surface area contributed by atoms with Crippen LogP contribution in [-0.2, 0) is 20.9 Å². The van der Waals surface area contributed by atoms with Crippen molar-refractivity contribution >= 4 is 28.9 Å². The number of aromatic amines is 1. The van der Waals surface area contributed by atoms with Gasteiger partial charge in [0.15, 0.2) is 0 Å². The molecule has 2 amide bonds. The van der Waals surface area contributed by atoms with Gasteiger partial charge in [0.05, 0.1) is 24.3 Å². The Bertz CT molecular complexity index is 2290. The van der Waals surface area contributed by atoms with E-state index in [1.807, 2.05) is 54.6 Å². The zero-order valence-electron chi connectivity index (χ0n) is 33.3. The summed E-state index contributed by atoms with van der Waals surface area (Å²) in [6.45, 7) is 3.89. The first-order valence-corrected chi connectivity index (χ1v) is 20.4. The summed E-state index contributed by atoms with van der Waals surface area (Å²) in [6, 6.07) is 29.8. The zero-order chi connectivity index (χ0) is 41.8. The fourth-order valence-corrected chi connectivity index (χ4v) is 7.78. The van der Waals surface area contributed by atoms with Gasteiger partial charge in [0.1, 0.15) is 30.8 Å². The number of pyridine rings is 1. The first-order valence-electron chi connectivity index (χ1n) is 20.4. The smallest absolute Gasteiger partial charge is 0.408 e. The number of carbonyl (C=O) groups is 3. The number of piperidine rings is 3. The van der Waals surface area contributed by atoms with Gasteiger partial charge in [-0.05, 0) is 110 Å². The van der Waals surface area contributed by atoms with Gasteiger partial charge in [0, 0.05) is 30.1 Å². The Hall–Kier alpha value is -6.22. The number of benzene rings is 4. The maximum absolute atomic E-state index is 13.2. The number of H-pyrrole nitrogens is 1. The molecular formula is C46H51N5O9. The van der Waals surface area contributed by atoms with Crippen molar-refractivity contribution in [2.75, 3.05) is 45.9 Å². The van der Waals surface area contributed by atoms with E-state index in [0.717, 1.165) is 49.2 Å². The number of nitrogens with one attached hydrogen (secondary N) is 4. The van der Waals surface area contributed by atoms with Crippen LogP contribution in [0.1, 0.15) is 70.4 Å². The van der Waals surface area contributed by atoms with E-state index in [2.05, 4.69) is 25.8 Å². The lowest BCUT2D eigenvalue weighted by molar-refractivity contribution is -0.142. The highest BCUT2D eigenvalue weighted by atomic mass is 16.6. The lowest BCUT2D eigenvalue weighted by atomic mass is 9.86. The van der Waals surface area contributed by atoms with Gasteiger partial charge in [0.2, 0.25) is 5.56 Å². The Kier molecular flexibility index (Phi) is 14.1. The van der Waals surface area contributed by atoms with Crippen molar-refractivity contribution in [3.05, 3.63) is 141 Å². The number of nitrogens with zero attached hydrogens (tertiary/aromatic N) is 1. The monoisotopic (exact) mass is 817 g/mol. The highest BCUT2D eigenvalue weighted by molar-refractivity contribution is 5.96. The summed E-state index contributed by atoms with van der Waals surface area (Å²) in [5.41, 5.74) is 3.50. The second-order valence-electron chi connectivity index (χ2n) is 15.2. The number of esters is 1. The molecule has 0 aliphatic carbocycles. The van der Waals surface area contributed by atoms with Crippen LogP contribution >= 0.6 is 0 Å². The number of phenols is 1. The number of unbranched alkanes of at least 4 members (excludes halogenated alkanes) is 1. The lowest BCUT2D eigenvalue weighted by Gasteiger charge is -2.43. The number of amides is 2. The molecule has 4 heterocycles. The average Bonchev–Trinajstić information content (AvgIpc) is 3.27. The summed E-state index contributed by atoms with van der Waals surface area (Å²) < 4.78 is 17.4. The highest BCUT2D eigenvalue weighted by Gasteiger charge is 2.37. The number of fused-ring (bicyclic) bond motifs is 4. The predicted molar refractivity (Wildman–Crippen MR) is 225 cm³/mol. The molecular weight excluding hydrogens is 767 g/mol. The van der Waals surface area contributed by atoms with Gasteiger partial charge >= 0.3 is 12.1 Å². The Morgan fingerprint density at radius 2 is 1.67 bits per heavy atom. The quantitative estimate of drug-likeness (QED) is 0.0510. The molecule has 3 atom stereocenters. The SMILES string of the molecule is O=C(CNC(=O)c1ccc(COc2cccc([C@@H](NC(=O)O[C@H]3CN4CCC3CC4)c3ccccc3)c2)cc1)OCCCCNC[C@H](O)c1ccc(O)c2[nH]c(=O)ccc12. The number of hydrogen-bond donors (Lipinski definition) is 6. The number of aromatic nitrogens is 1. The van der Waals surface area contributed by atoms with Gasteiger partial charge in [-0.15, -0.1) is 0 Å². The standard InChI is InChI=1S/C46H51N5O9/c52-38-17-15-36(37-16-18-41(54)49-44(37)38)39(53)26-47-21-4-5-24-58-42(55)27-48-45(56)33-13-11-30(12-14-33)29-59-35-10-6-9-34(25-35)43(32-7-2-1-3-8-32)50-46(57)60-40-28-51-22-19-31(40)20-23-51/h1-3,6-18,25,31,39-40,43,47,52-53H,4-5,19-24,26-29H2,(H,48,56)(H,49,54)(H,50,57)/t39-,40-,43-/m0/s1. The number of aliphatic hydroxyl groups is 1. The highest BCUT2D eigenvalue weighted by Crippen LogP contribution is 2.31. The van der Waals surface area contributed by atoms with Gasteiger partial charge < -0.3 is 45.4 Å². The van der Waals surface area contributed by atoms with E-state index in [4.69, 9.17) is 14.2 Å². The fraction of sp³-hybridized carbons (Fsp3) is 0.348. The van der Waals surface area contributed by atoms with Crippen molar-refractivity contribution in [3.63, 3.8) is 0 Å². The molecule has 14 heteroatoms. The topological polar surface area (TPSA) is 192 Å². The van der Waals surface area contributed by atoms with Crippen LogP contribution in [0.15, 0.2) is 108 Å². The molecule has 6 N–H and O–H groups in total. The number of alkyl carbamates (subject to hydrolysis) is 1. The minimum absolute atomic E-state index is 0.0696. The van der Waals surface area contributed by atoms with Crippen LogP contribution in [0.3, 0.4) is 0 Å². The first kappa shape index (κ1) is 41.9. The van der Waals surface area contributed by atoms with Crippen LogP contribution in [0.2, 0.25) is 0 Å². The molecule has 5 aromatic rings. The summed E-state index contributed by atoms with van der Waals surface area (Å²) in [7, 11) is 0. The molecule has 314 valence electrons. The summed E-state index contributed by atoms with van der Waals surface area (Å²) >= 11 is 0. The number of aliphatic hydroxyl groups excluding tert-OH is 1. The van der Waals surface area contributed by atoms with Crippen LogP contribution in [0, 0.1) is 5.92 Å². The molecule has 60 heavy (non-hydrogen) atoms. The van der Waals surface area contributed by atoms with Crippen molar-refractivity contribution in [3.8, 4) is 11.5 Å². The van der Waals surface area contributed by atoms with E-state index in [-0.39, 0.29) is 49.2 Å². The van der Waals surface area contributed by atoms with E-state index in [9.17, 15) is 29.4 Å². The predicted octanol–water partition coefficient (Wildman–Crippen LogP) is 5.10. The van der Waals surface area contributed by atoms with Crippen molar-refractivity contribution in [1.82, 2.24) is 25.8 Å². The summed E-state index contributed by atoms with van der Waals surface area (Å²) in [5.74, 6) is 0.00244. The van der Waals surface area contributed by atoms with Crippen LogP contribution < -0.4 is 26.2 Å². The number of phenolic OH excluding ortho intramolecular Hbond substituents is 1. The molecule has 3 fully saturated rings. The van der Waals surface area contributed by atoms with Crippen molar-refractivity contribution in [2.24, 2.45) is 5.92 Å². The molecule has 3 saturated heterocycles. The lowest BCUT2D eigenvalue weighted by Crippen LogP contribution is -2.52. The first-order chi connectivity index (χ1) is 29.2. The summed E-state index contributed by atoms with van der Waals surface area (Å²) in [6.07, 6.45) is 1.97. The normalized spacial score (nSPS) is 18.0. The third kappa shape index (κ3) is 11.1. The number of ether oxygens (including phenoxy) is 3. The second-order valence-corrected chi connectivity index (χ2v) is 15.2. The van der Waals surface area contributed by atoms with Gasteiger partial charge in [0.25, 0.3) is 5.91 Å². The second kappa shape index (κ2) is 20.2. The molecule has 3 aliphatic heterocycles. The van der Waals surface area contributed by atoms with E-state index in [0.29, 0.717) is 47.6 Å². The zero-order valence-corrected chi connectivity index (χ0v) is 33.3. The third-order valence-electron chi connectivity index (χ3n) is 11.1. The van der Waals surface area contributed by atoms with Crippen molar-refractivity contribution in [1.29, 1.82) is 0 Å². The molecule has 4 aromatic carbocycles. The fourth-order valence-electron chi connectivity index (χ4n) is 7.78. The van der Waals surface area contributed by atoms with Gasteiger partial charge in [-0.25, -0.2) is 4.79 Å². The van der Waals surface area contributed by atoms with E-state index >= 15 is 0 Å². The number of aromatic hydroxyl groups is 1. The maximum Gasteiger partial charge on any atom is 0.408 e. The van der Waals surface area contributed by atoms with Gasteiger partial charge in [-0.3, -0.25) is 19.3 Å². The molecule has 8 rings (SSSR count). The molecule has 14 nitrogen and oxygen atoms in total. The Balaban J connectivity index is 0.807. The van der Waals surface area contributed by atoms with Gasteiger partial charge in [-0.2, -0.15) is 0 Å². The van der Waals surface area contributed by atoms with Crippen LogP contribution in [-0.4, -0.2) is 90.0 Å². The average molecular weight is 818 g/mol. The molecule has 0 radical (unpaired) electrons. The van der Waals surface area contributed by atoms with Crippen LogP contribution in [0.4, 0.5) is 4.79 Å². The summed E-state index contributed by atoms with van der Waals surface area (Å²) in [5, 5.41) is 30.2. The number of hydrogen-bond acceptors (Lipinski definition) is 11. The molecule has 2 bridgehead atoms. The molecule has 1 aromatic heterocycles. The molecule has 0 unspecified atom stereocenters. The van der Waals surface area contributed by atoms with Crippen molar-refractivity contribution in [2.45, 2.75) is 50.5 Å². The van der Waals surface area contributed by atoms with Crippen LogP contribution in [0.5, 0.6) is 11.5 Å². The third-order valence-corrected chi connectivity index (χ3v) is 11.1. The molecule has 0 spiro atoms. The Labute approximate surface area is 347 Å². The minimum atomic E-state index is -0.866. The summed E-state index contributed by atoms with van der Waals surface area (Å²) in [4.78, 5) is 54.8. The largest absolute Gasteiger partial charge is 0.506 e. The van der Waals surface area contributed by atoms with E-state index < -0.39 is 30.1 Å². The minimum Gasteiger partial charge on any atom is -0.506 e. The number of carbonyl (C=O) groups excluding carboxylic acids is 3. The maximum atomic E-state index is 13.2. The van der Waals surface area contributed by atoms with E-state index in [1.165, 1.54) is 12.1 Å². The Morgan fingerprint density at radius 3 is 2.43 bits per heavy atom.